The maximum Gasteiger partial charge on any atom is 0.194 e. The van der Waals surface area contributed by atoms with E-state index in [0.717, 1.165) is 31.6 Å². The van der Waals surface area contributed by atoms with Crippen molar-refractivity contribution < 1.29 is 18.3 Å². The highest BCUT2D eigenvalue weighted by Crippen LogP contribution is 2.21. The number of hydrogen-bond donors (Lipinski definition) is 1. The number of nitrogens with one attached hydrogen (secondary N) is 1. The van der Waals surface area contributed by atoms with Gasteiger partial charge in [0.25, 0.3) is 0 Å². The fraction of sp³-hybridized carbons (Fsp3) is 0.588. The van der Waals surface area contributed by atoms with Crippen LogP contribution in [0.3, 0.4) is 0 Å². The van der Waals surface area contributed by atoms with Crippen LogP contribution in [-0.2, 0) is 16.0 Å². The lowest BCUT2D eigenvalue weighted by atomic mass is 10.1. The lowest BCUT2D eigenvalue weighted by Gasteiger charge is -2.37. The highest BCUT2D eigenvalue weighted by Gasteiger charge is 2.32. The zero-order valence-electron chi connectivity index (χ0n) is 14.2. The molecule has 0 amide bonds. The molecule has 2 saturated heterocycles. The van der Waals surface area contributed by atoms with E-state index in [9.17, 15) is 8.78 Å². The van der Waals surface area contributed by atoms with Crippen LogP contribution in [0.15, 0.2) is 23.2 Å². The normalized spacial score (nSPS) is 24.1. The van der Waals surface area contributed by atoms with Crippen LogP contribution in [0.4, 0.5) is 8.78 Å². The van der Waals surface area contributed by atoms with Crippen molar-refractivity contribution in [3.05, 3.63) is 35.4 Å². The molecular formula is C17H24F2IN3O2. The molecule has 2 fully saturated rings. The van der Waals surface area contributed by atoms with Gasteiger partial charge in [-0.15, -0.1) is 24.0 Å². The molecule has 2 aliphatic rings. The van der Waals surface area contributed by atoms with E-state index >= 15 is 0 Å². The Kier molecular flexibility index (Phi) is 7.82. The molecule has 1 aromatic rings. The van der Waals surface area contributed by atoms with Gasteiger partial charge in [0.15, 0.2) is 5.96 Å². The first-order chi connectivity index (χ1) is 11.7. The third kappa shape index (κ3) is 5.24. The molecule has 1 N–H and O–H groups in total. The summed E-state index contributed by atoms with van der Waals surface area (Å²) in [7, 11) is 1.68. The van der Waals surface area contributed by atoms with Crippen molar-refractivity contribution >= 4 is 29.9 Å². The van der Waals surface area contributed by atoms with Gasteiger partial charge in [0.2, 0.25) is 0 Å². The van der Waals surface area contributed by atoms with Crippen LogP contribution in [0, 0.1) is 11.6 Å². The average Bonchev–Trinajstić information content (AvgIpc) is 3.13. The fourth-order valence-electron chi connectivity index (χ4n) is 3.17. The Balaban J connectivity index is 0.00000225. The number of ether oxygens (including phenoxy) is 2. The Morgan fingerprint density at radius 3 is 2.80 bits per heavy atom. The van der Waals surface area contributed by atoms with Crippen molar-refractivity contribution in [2.75, 3.05) is 33.4 Å². The maximum atomic E-state index is 13.7. The van der Waals surface area contributed by atoms with E-state index < -0.39 is 11.6 Å². The SMILES string of the molecule is CN=C(NCc1cc(F)ccc1F)N1CCOC(C2CCCO2)C1.I. The molecular weight excluding hydrogens is 443 g/mol. The van der Waals surface area contributed by atoms with Gasteiger partial charge >= 0.3 is 0 Å². The van der Waals surface area contributed by atoms with Gasteiger partial charge in [-0.05, 0) is 31.0 Å². The lowest BCUT2D eigenvalue weighted by Crippen LogP contribution is -2.53. The summed E-state index contributed by atoms with van der Waals surface area (Å²) in [6.07, 6.45) is 2.23. The molecule has 0 saturated carbocycles. The largest absolute Gasteiger partial charge is 0.375 e. The van der Waals surface area contributed by atoms with E-state index in [1.165, 1.54) is 6.07 Å². The average molecular weight is 467 g/mol. The number of aliphatic imine (C=N–C) groups is 1. The van der Waals surface area contributed by atoms with Gasteiger partial charge in [-0.2, -0.15) is 0 Å². The molecule has 1 aromatic carbocycles. The van der Waals surface area contributed by atoms with Gasteiger partial charge in [0, 0.05) is 38.9 Å². The smallest absolute Gasteiger partial charge is 0.194 e. The monoisotopic (exact) mass is 467 g/mol. The predicted octanol–water partition coefficient (Wildman–Crippen LogP) is 2.54. The van der Waals surface area contributed by atoms with Crippen molar-refractivity contribution in [1.82, 2.24) is 10.2 Å². The van der Waals surface area contributed by atoms with Gasteiger partial charge in [-0.1, -0.05) is 0 Å². The van der Waals surface area contributed by atoms with Crippen LogP contribution in [0.2, 0.25) is 0 Å². The topological polar surface area (TPSA) is 46.1 Å². The van der Waals surface area contributed by atoms with Crippen molar-refractivity contribution in [2.45, 2.75) is 31.6 Å². The number of nitrogens with zero attached hydrogens (tertiary/aromatic N) is 2. The molecule has 2 aliphatic heterocycles. The van der Waals surface area contributed by atoms with Crippen molar-refractivity contribution in [3.63, 3.8) is 0 Å². The summed E-state index contributed by atoms with van der Waals surface area (Å²) in [5.74, 6) is -0.225. The summed E-state index contributed by atoms with van der Waals surface area (Å²) in [6.45, 7) is 2.94. The maximum absolute atomic E-state index is 13.7. The third-order valence-electron chi connectivity index (χ3n) is 4.43. The molecule has 0 bridgehead atoms. The van der Waals surface area contributed by atoms with E-state index in [0.29, 0.717) is 25.7 Å². The number of benzene rings is 1. The number of guanidine groups is 1. The molecule has 2 unspecified atom stereocenters. The van der Waals surface area contributed by atoms with Crippen molar-refractivity contribution in [2.24, 2.45) is 4.99 Å². The van der Waals surface area contributed by atoms with Crippen LogP contribution in [-0.4, -0.2) is 56.4 Å². The molecule has 0 aromatic heterocycles. The highest BCUT2D eigenvalue weighted by molar-refractivity contribution is 14.0. The first-order valence-electron chi connectivity index (χ1n) is 8.30. The zero-order chi connectivity index (χ0) is 16.9. The lowest BCUT2D eigenvalue weighted by molar-refractivity contribution is -0.0817. The Bertz CT molecular complexity index is 597. The van der Waals surface area contributed by atoms with Crippen LogP contribution in [0.5, 0.6) is 0 Å². The van der Waals surface area contributed by atoms with E-state index in [1.54, 1.807) is 7.05 Å². The Hall–Kier alpha value is -1.00. The molecule has 3 rings (SSSR count). The molecule has 0 spiro atoms. The van der Waals surface area contributed by atoms with E-state index in [4.69, 9.17) is 9.47 Å². The van der Waals surface area contributed by atoms with Crippen molar-refractivity contribution in [1.29, 1.82) is 0 Å². The van der Waals surface area contributed by atoms with E-state index in [2.05, 4.69) is 15.2 Å². The molecule has 8 heteroatoms. The van der Waals surface area contributed by atoms with Gasteiger partial charge in [0.05, 0.1) is 12.7 Å². The molecule has 140 valence electrons. The number of halogens is 3. The summed E-state index contributed by atoms with van der Waals surface area (Å²) < 4.78 is 38.5. The molecule has 0 radical (unpaired) electrons. The number of rotatable bonds is 3. The molecule has 2 atom stereocenters. The van der Waals surface area contributed by atoms with Crippen molar-refractivity contribution in [3.8, 4) is 0 Å². The quantitative estimate of drug-likeness (QED) is 0.422. The predicted molar refractivity (Wildman–Crippen MR) is 102 cm³/mol. The van der Waals surface area contributed by atoms with E-state index in [-0.39, 0.29) is 48.3 Å². The van der Waals surface area contributed by atoms with Gasteiger partial charge in [-0.25, -0.2) is 8.78 Å². The Morgan fingerprint density at radius 1 is 1.28 bits per heavy atom. The van der Waals surface area contributed by atoms with Gasteiger partial charge in [0.1, 0.15) is 17.7 Å². The van der Waals surface area contributed by atoms with Crippen LogP contribution < -0.4 is 5.32 Å². The minimum atomic E-state index is -0.451. The van der Waals surface area contributed by atoms with Gasteiger partial charge in [-0.3, -0.25) is 4.99 Å². The first-order valence-corrected chi connectivity index (χ1v) is 8.30. The highest BCUT2D eigenvalue weighted by atomic mass is 127. The second-order valence-electron chi connectivity index (χ2n) is 6.04. The summed E-state index contributed by atoms with van der Waals surface area (Å²) in [5, 5.41) is 3.11. The van der Waals surface area contributed by atoms with Gasteiger partial charge < -0.3 is 19.7 Å². The fourth-order valence-corrected chi connectivity index (χ4v) is 3.17. The summed E-state index contributed by atoms with van der Waals surface area (Å²) >= 11 is 0. The molecule has 5 nitrogen and oxygen atoms in total. The number of morpholine rings is 1. The minimum Gasteiger partial charge on any atom is -0.375 e. The van der Waals surface area contributed by atoms with Crippen LogP contribution in [0.1, 0.15) is 18.4 Å². The number of hydrogen-bond acceptors (Lipinski definition) is 3. The first kappa shape index (κ1) is 20.3. The Morgan fingerprint density at radius 2 is 2.08 bits per heavy atom. The van der Waals surface area contributed by atoms with E-state index in [1.807, 2.05) is 0 Å². The second kappa shape index (κ2) is 9.63. The second-order valence-corrected chi connectivity index (χ2v) is 6.04. The molecule has 0 aliphatic carbocycles. The van der Waals surface area contributed by atoms with Crippen LogP contribution in [0.25, 0.3) is 0 Å². The molecule has 25 heavy (non-hydrogen) atoms. The minimum absolute atomic E-state index is 0. The molecule has 2 heterocycles. The summed E-state index contributed by atoms with van der Waals surface area (Å²) in [5.41, 5.74) is 0.278. The standard InChI is InChI=1S/C17H23F2N3O2.HI/c1-20-17(21-10-12-9-13(18)4-5-14(12)19)22-6-8-24-16(11-22)15-3-2-7-23-15;/h4-5,9,15-16H,2-3,6-8,10-11H2,1H3,(H,20,21);1H. The third-order valence-corrected chi connectivity index (χ3v) is 4.43. The van der Waals surface area contributed by atoms with Crippen LogP contribution >= 0.6 is 24.0 Å². The Labute approximate surface area is 163 Å². The zero-order valence-corrected chi connectivity index (χ0v) is 16.5. The summed E-state index contributed by atoms with van der Waals surface area (Å²) in [4.78, 5) is 6.34. The summed E-state index contributed by atoms with van der Waals surface area (Å²) in [6, 6.07) is 3.45.